The molecule has 1 saturated heterocycles. The molecule has 4 nitrogen and oxygen atoms in total. The lowest BCUT2D eigenvalue weighted by atomic mass is 10.1. The molecule has 0 saturated carbocycles. The lowest BCUT2D eigenvalue weighted by molar-refractivity contribution is -0.128. The maximum Gasteiger partial charge on any atom is 0.232 e. The Bertz CT molecular complexity index is 963. The highest BCUT2D eigenvalue weighted by molar-refractivity contribution is 7.99. The van der Waals surface area contributed by atoms with Crippen molar-refractivity contribution in [2.24, 2.45) is 0 Å². The Balaban J connectivity index is 1.30. The van der Waals surface area contributed by atoms with Crippen LogP contribution in [0.3, 0.4) is 0 Å². The van der Waals surface area contributed by atoms with Crippen molar-refractivity contribution in [3.8, 4) is 0 Å². The van der Waals surface area contributed by atoms with E-state index < -0.39 is 0 Å². The molecular weight excluding hydrogens is 386 g/mol. The van der Waals surface area contributed by atoms with Crippen LogP contribution in [-0.4, -0.2) is 47.7 Å². The van der Waals surface area contributed by atoms with E-state index in [-0.39, 0.29) is 5.91 Å². The second kappa shape index (κ2) is 8.53. The summed E-state index contributed by atoms with van der Waals surface area (Å²) in [6.07, 6.45) is 0. The number of carbonyl (C=O) groups is 1. The average Bonchev–Trinajstić information content (AvgIpc) is 3.17. The highest BCUT2D eigenvalue weighted by atomic mass is 32.2. The largest absolute Gasteiger partial charge is 0.345 e. The van der Waals surface area contributed by atoms with Gasteiger partial charge in [0.05, 0.1) is 16.0 Å². The van der Waals surface area contributed by atoms with Gasteiger partial charge in [-0.2, -0.15) is 0 Å². The molecule has 2 aromatic carbocycles. The second-order valence-electron chi connectivity index (χ2n) is 7.20. The van der Waals surface area contributed by atoms with Gasteiger partial charge < -0.3 is 9.80 Å². The molecule has 2 heterocycles. The van der Waals surface area contributed by atoms with E-state index in [2.05, 4.69) is 43.0 Å². The molecule has 1 aliphatic rings. The zero-order chi connectivity index (χ0) is 19.5. The van der Waals surface area contributed by atoms with Crippen LogP contribution < -0.4 is 4.90 Å². The first-order valence-corrected chi connectivity index (χ1v) is 11.6. The van der Waals surface area contributed by atoms with Crippen LogP contribution in [0, 0.1) is 13.8 Å². The molecule has 6 heteroatoms. The summed E-state index contributed by atoms with van der Waals surface area (Å²) < 4.78 is 1.24. The molecule has 0 spiro atoms. The number of thiazole rings is 1. The van der Waals surface area contributed by atoms with E-state index in [4.69, 9.17) is 4.98 Å². The standard InChI is InChI=1S/C22H25N3OS2/c1-16-8-9-19-21(17(16)2)23-22(28-19)25-12-10-24(11-13-25)20(26)15-27-14-18-6-4-3-5-7-18/h3-9H,10-15H2,1-2H3. The molecule has 1 aliphatic heterocycles. The number of piperazine rings is 1. The molecule has 3 aromatic rings. The molecular formula is C22H25N3OS2. The fourth-order valence-electron chi connectivity index (χ4n) is 3.42. The van der Waals surface area contributed by atoms with Crippen LogP contribution in [0.15, 0.2) is 42.5 Å². The zero-order valence-electron chi connectivity index (χ0n) is 16.4. The van der Waals surface area contributed by atoms with Gasteiger partial charge in [-0.15, -0.1) is 11.8 Å². The number of nitrogens with zero attached hydrogens (tertiary/aromatic N) is 3. The molecule has 4 rings (SSSR count). The van der Waals surface area contributed by atoms with Gasteiger partial charge in [0.25, 0.3) is 0 Å². The average molecular weight is 412 g/mol. The third-order valence-electron chi connectivity index (χ3n) is 5.31. The van der Waals surface area contributed by atoms with Gasteiger partial charge in [0.1, 0.15) is 0 Å². The summed E-state index contributed by atoms with van der Waals surface area (Å²) in [5, 5.41) is 1.08. The summed E-state index contributed by atoms with van der Waals surface area (Å²) in [6.45, 7) is 7.54. The minimum Gasteiger partial charge on any atom is -0.345 e. The lowest BCUT2D eigenvalue weighted by Gasteiger charge is -2.34. The Morgan fingerprint density at radius 2 is 1.82 bits per heavy atom. The molecule has 28 heavy (non-hydrogen) atoms. The summed E-state index contributed by atoms with van der Waals surface area (Å²) >= 11 is 3.45. The number of hydrogen-bond acceptors (Lipinski definition) is 5. The van der Waals surface area contributed by atoms with Crippen LogP contribution in [0.25, 0.3) is 10.2 Å². The van der Waals surface area contributed by atoms with Gasteiger partial charge in [0.2, 0.25) is 5.91 Å². The van der Waals surface area contributed by atoms with Crippen molar-refractivity contribution in [2.45, 2.75) is 19.6 Å². The van der Waals surface area contributed by atoms with Gasteiger partial charge in [-0.3, -0.25) is 4.79 Å². The molecule has 0 bridgehead atoms. The molecule has 0 radical (unpaired) electrons. The fourth-order valence-corrected chi connectivity index (χ4v) is 5.38. The van der Waals surface area contributed by atoms with E-state index in [1.54, 1.807) is 23.1 Å². The van der Waals surface area contributed by atoms with Crippen molar-refractivity contribution >= 4 is 44.4 Å². The summed E-state index contributed by atoms with van der Waals surface area (Å²) in [7, 11) is 0. The van der Waals surface area contributed by atoms with E-state index in [9.17, 15) is 4.79 Å². The maximum absolute atomic E-state index is 12.5. The number of thioether (sulfide) groups is 1. The van der Waals surface area contributed by atoms with Crippen molar-refractivity contribution in [3.05, 3.63) is 59.2 Å². The second-order valence-corrected chi connectivity index (χ2v) is 9.19. The first-order chi connectivity index (χ1) is 13.6. The molecule has 0 aliphatic carbocycles. The van der Waals surface area contributed by atoms with Crippen molar-refractivity contribution < 1.29 is 4.79 Å². The third-order valence-corrected chi connectivity index (χ3v) is 7.38. The first-order valence-electron chi connectivity index (χ1n) is 9.63. The zero-order valence-corrected chi connectivity index (χ0v) is 18.0. The Kier molecular flexibility index (Phi) is 5.87. The summed E-state index contributed by atoms with van der Waals surface area (Å²) in [6, 6.07) is 14.7. The van der Waals surface area contributed by atoms with Gasteiger partial charge in [-0.05, 0) is 36.6 Å². The van der Waals surface area contributed by atoms with E-state index in [1.165, 1.54) is 21.4 Å². The smallest absolute Gasteiger partial charge is 0.232 e. The van der Waals surface area contributed by atoms with E-state index in [0.717, 1.165) is 42.6 Å². The monoisotopic (exact) mass is 411 g/mol. The highest BCUT2D eigenvalue weighted by Crippen LogP contribution is 2.32. The van der Waals surface area contributed by atoms with E-state index in [1.807, 2.05) is 23.1 Å². The van der Waals surface area contributed by atoms with Crippen LogP contribution in [-0.2, 0) is 10.5 Å². The molecule has 1 amide bonds. The summed E-state index contributed by atoms with van der Waals surface area (Å²) in [5.74, 6) is 1.68. The lowest BCUT2D eigenvalue weighted by Crippen LogP contribution is -2.49. The predicted octanol–water partition coefficient (Wildman–Crippen LogP) is 4.50. The predicted molar refractivity (Wildman–Crippen MR) is 120 cm³/mol. The Labute approximate surface area is 174 Å². The number of hydrogen-bond donors (Lipinski definition) is 0. The quantitative estimate of drug-likeness (QED) is 0.620. The first kappa shape index (κ1) is 19.3. The SMILES string of the molecule is Cc1ccc2sc(N3CCN(C(=O)CSCc4ccccc4)CC3)nc2c1C. The number of benzene rings is 2. The van der Waals surface area contributed by atoms with Gasteiger partial charge in [0, 0.05) is 31.9 Å². The van der Waals surface area contributed by atoms with Crippen LogP contribution in [0.5, 0.6) is 0 Å². The van der Waals surface area contributed by atoms with Gasteiger partial charge in [-0.25, -0.2) is 4.98 Å². The molecule has 0 N–H and O–H groups in total. The van der Waals surface area contributed by atoms with Crippen molar-refractivity contribution in [3.63, 3.8) is 0 Å². The number of carbonyl (C=O) groups excluding carboxylic acids is 1. The minimum atomic E-state index is 0.247. The van der Waals surface area contributed by atoms with Crippen molar-refractivity contribution in [1.82, 2.24) is 9.88 Å². The highest BCUT2D eigenvalue weighted by Gasteiger charge is 2.23. The molecule has 1 aromatic heterocycles. The van der Waals surface area contributed by atoms with Crippen LogP contribution in [0.4, 0.5) is 5.13 Å². The summed E-state index contributed by atoms with van der Waals surface area (Å²) in [5.41, 5.74) is 4.94. The number of rotatable bonds is 5. The van der Waals surface area contributed by atoms with Gasteiger partial charge >= 0.3 is 0 Å². The van der Waals surface area contributed by atoms with Crippen molar-refractivity contribution in [1.29, 1.82) is 0 Å². The number of aryl methyl sites for hydroxylation is 2. The number of amides is 1. The molecule has 1 fully saturated rings. The van der Waals surface area contributed by atoms with Crippen LogP contribution in [0.1, 0.15) is 16.7 Å². The summed E-state index contributed by atoms with van der Waals surface area (Å²) in [4.78, 5) is 21.7. The fraction of sp³-hybridized carbons (Fsp3) is 0.364. The molecule has 0 atom stereocenters. The number of aromatic nitrogens is 1. The van der Waals surface area contributed by atoms with Crippen LogP contribution in [0.2, 0.25) is 0 Å². The Hall–Kier alpha value is -2.05. The Morgan fingerprint density at radius 3 is 2.57 bits per heavy atom. The topological polar surface area (TPSA) is 36.4 Å². The number of anilines is 1. The number of fused-ring (bicyclic) bond motifs is 1. The third kappa shape index (κ3) is 4.18. The van der Waals surface area contributed by atoms with Crippen LogP contribution >= 0.6 is 23.1 Å². The van der Waals surface area contributed by atoms with E-state index in [0.29, 0.717) is 5.75 Å². The molecule has 0 unspecified atom stereocenters. The maximum atomic E-state index is 12.5. The van der Waals surface area contributed by atoms with Crippen molar-refractivity contribution in [2.75, 3.05) is 36.8 Å². The van der Waals surface area contributed by atoms with Gasteiger partial charge in [0.15, 0.2) is 5.13 Å². The van der Waals surface area contributed by atoms with E-state index >= 15 is 0 Å². The minimum absolute atomic E-state index is 0.247. The van der Waals surface area contributed by atoms with Gasteiger partial charge in [-0.1, -0.05) is 47.7 Å². The normalized spacial score (nSPS) is 14.6. The Morgan fingerprint density at radius 1 is 1.07 bits per heavy atom. The molecule has 146 valence electrons.